The van der Waals surface area contributed by atoms with Gasteiger partial charge in [0.15, 0.2) is 0 Å². The van der Waals surface area contributed by atoms with Gasteiger partial charge in [-0.15, -0.1) is 0 Å². The highest BCUT2D eigenvalue weighted by Gasteiger charge is 2.36. The lowest BCUT2D eigenvalue weighted by Gasteiger charge is -2.31. The van der Waals surface area contributed by atoms with Gasteiger partial charge in [-0.1, -0.05) is 30.3 Å². The molecule has 0 radical (unpaired) electrons. The number of hydrogen-bond acceptors (Lipinski definition) is 7. The van der Waals surface area contributed by atoms with Crippen LogP contribution in [0.15, 0.2) is 51.5 Å². The van der Waals surface area contributed by atoms with Crippen molar-refractivity contribution < 1.29 is 9.59 Å². The third-order valence-electron chi connectivity index (χ3n) is 4.07. The predicted molar refractivity (Wildman–Crippen MR) is 102 cm³/mol. The summed E-state index contributed by atoms with van der Waals surface area (Å²) in [6.07, 6.45) is 0.859. The molecule has 0 fully saturated rings. The second-order valence-electron chi connectivity index (χ2n) is 5.76. The van der Waals surface area contributed by atoms with Crippen molar-refractivity contribution in [2.24, 2.45) is 29.1 Å². The Bertz CT molecular complexity index is 875. The number of nitrogens with zero attached hydrogens (tertiary/aromatic N) is 4. The molecule has 0 saturated carbocycles. The van der Waals surface area contributed by atoms with E-state index in [1.807, 2.05) is 42.5 Å². The molecule has 28 heavy (non-hydrogen) atoms. The van der Waals surface area contributed by atoms with Gasteiger partial charge in [-0.05, 0) is 30.2 Å². The average Bonchev–Trinajstić information content (AvgIpc) is 2.70. The first-order valence-corrected chi connectivity index (χ1v) is 8.82. The van der Waals surface area contributed by atoms with Gasteiger partial charge >= 0.3 is 12.1 Å². The fourth-order valence-electron chi connectivity index (χ4n) is 2.70. The van der Waals surface area contributed by atoms with E-state index in [-0.39, 0.29) is 21.2 Å². The highest BCUT2D eigenvalue weighted by Crippen LogP contribution is 2.44. The molecule has 1 aromatic carbocycles. The molecule has 0 atom stereocenters. The van der Waals surface area contributed by atoms with Gasteiger partial charge in [0.25, 0.3) is 0 Å². The summed E-state index contributed by atoms with van der Waals surface area (Å²) in [5.74, 6) is 10.6. The molecule has 0 saturated heterocycles. The van der Waals surface area contributed by atoms with Crippen LogP contribution in [0.2, 0.25) is 0 Å². The monoisotopic (exact) mass is 398 g/mol. The van der Waals surface area contributed by atoms with E-state index in [4.69, 9.17) is 23.2 Å². The first kappa shape index (κ1) is 20.8. The maximum atomic E-state index is 11.6. The number of nitriles is 2. The van der Waals surface area contributed by atoms with E-state index in [1.54, 1.807) is 0 Å². The molecule has 1 aliphatic rings. The number of urea groups is 2. The van der Waals surface area contributed by atoms with Crippen LogP contribution in [0.5, 0.6) is 0 Å². The van der Waals surface area contributed by atoms with Gasteiger partial charge < -0.3 is 11.5 Å². The second-order valence-corrected chi connectivity index (χ2v) is 6.73. The quantitative estimate of drug-likeness (QED) is 0.322. The zero-order chi connectivity index (χ0) is 20.8. The number of amides is 4. The minimum Gasteiger partial charge on any atom is -0.350 e. The van der Waals surface area contributed by atoms with Crippen LogP contribution in [0.25, 0.3) is 0 Å². The van der Waals surface area contributed by atoms with Crippen molar-refractivity contribution in [1.82, 2.24) is 10.0 Å². The summed E-state index contributed by atoms with van der Waals surface area (Å²) in [4.78, 5) is 23.1. The van der Waals surface area contributed by atoms with Crippen molar-refractivity contribution in [1.29, 1.82) is 10.5 Å². The molecule has 4 amide bonds. The molecular formula is C17H18N8O2S. The van der Waals surface area contributed by atoms with Crippen LogP contribution in [-0.2, 0) is 6.42 Å². The third-order valence-corrected chi connectivity index (χ3v) is 5.29. The lowest BCUT2D eigenvalue weighted by molar-refractivity contribution is 0.223. The molecule has 0 aliphatic carbocycles. The summed E-state index contributed by atoms with van der Waals surface area (Å²) < 4.78 is 0. The molecule has 8 N–H and O–H groups in total. The van der Waals surface area contributed by atoms with Crippen molar-refractivity contribution in [3.63, 3.8) is 0 Å². The number of thioether (sulfide) groups is 1. The van der Waals surface area contributed by atoms with Crippen molar-refractivity contribution >= 4 is 23.8 Å². The van der Waals surface area contributed by atoms with Crippen molar-refractivity contribution in [3.05, 3.63) is 57.1 Å². The molecule has 2 rings (SSSR count). The number of benzene rings is 1. The third kappa shape index (κ3) is 4.24. The van der Waals surface area contributed by atoms with E-state index in [9.17, 15) is 20.1 Å². The van der Waals surface area contributed by atoms with Crippen LogP contribution >= 0.6 is 11.8 Å². The highest BCUT2D eigenvalue weighted by atomic mass is 32.2. The number of hydrogen-bond donors (Lipinski definition) is 4. The smallest absolute Gasteiger partial charge is 0.334 e. The van der Waals surface area contributed by atoms with Crippen LogP contribution in [0.1, 0.15) is 12.0 Å². The lowest BCUT2D eigenvalue weighted by atomic mass is 9.87. The molecule has 0 unspecified atom stereocenters. The van der Waals surface area contributed by atoms with Crippen LogP contribution in [0.3, 0.4) is 0 Å². The maximum Gasteiger partial charge on any atom is 0.334 e. The van der Waals surface area contributed by atoms with E-state index in [0.717, 1.165) is 5.56 Å². The van der Waals surface area contributed by atoms with Gasteiger partial charge in [-0.25, -0.2) is 31.3 Å². The summed E-state index contributed by atoms with van der Waals surface area (Å²) in [5.41, 5.74) is 11.6. The first-order valence-electron chi connectivity index (χ1n) is 8.00. The number of carbonyl (C=O) groups excluding carboxylic acids is 2. The van der Waals surface area contributed by atoms with Gasteiger partial charge in [-0.3, -0.25) is 0 Å². The largest absolute Gasteiger partial charge is 0.350 e. The summed E-state index contributed by atoms with van der Waals surface area (Å²) in [6, 6.07) is 11.4. The molecule has 1 aliphatic heterocycles. The number of carbonyl (C=O) groups is 2. The number of rotatable bonds is 5. The zero-order valence-corrected chi connectivity index (χ0v) is 15.5. The van der Waals surface area contributed by atoms with E-state index in [2.05, 4.69) is 0 Å². The van der Waals surface area contributed by atoms with E-state index in [1.165, 1.54) is 0 Å². The number of primary amides is 2. The van der Waals surface area contributed by atoms with Crippen molar-refractivity contribution in [2.75, 3.05) is 0 Å². The number of hydrazine groups is 2. The average molecular weight is 398 g/mol. The normalized spacial score (nSPS) is 14.3. The van der Waals surface area contributed by atoms with Crippen LogP contribution in [-0.4, -0.2) is 22.1 Å². The molecule has 1 heterocycles. The molecule has 11 heteroatoms. The summed E-state index contributed by atoms with van der Waals surface area (Å²) in [6.45, 7) is 0. The van der Waals surface area contributed by atoms with Gasteiger partial charge in [0.05, 0.1) is 23.3 Å². The molecule has 1 aromatic rings. The molecule has 0 spiro atoms. The Balaban J connectivity index is 2.54. The summed E-state index contributed by atoms with van der Waals surface area (Å²) >= 11 is 0.710. The fraction of sp³-hybridized carbons (Fsp3) is 0.176. The Hall–Kier alpha value is -3.51. The maximum absolute atomic E-state index is 11.6. The van der Waals surface area contributed by atoms with Crippen molar-refractivity contribution in [3.8, 4) is 12.1 Å². The number of aryl methyl sites for hydroxylation is 1. The van der Waals surface area contributed by atoms with Gasteiger partial charge in [0.1, 0.15) is 10.1 Å². The molecular weight excluding hydrogens is 380 g/mol. The Morgan fingerprint density at radius 2 is 1.43 bits per heavy atom. The number of allylic oxidation sites excluding steroid dienone is 2. The minimum absolute atomic E-state index is 0.0150. The Morgan fingerprint density at radius 1 is 0.964 bits per heavy atom. The van der Waals surface area contributed by atoms with Gasteiger partial charge in [0.2, 0.25) is 0 Å². The van der Waals surface area contributed by atoms with Gasteiger partial charge in [0, 0.05) is 5.92 Å². The van der Waals surface area contributed by atoms with Crippen LogP contribution in [0, 0.1) is 28.6 Å². The standard InChI is InChI=1S/C17H18N8O2S/c18-8-12-11(7-6-10-4-2-1-3-5-10)13(9-19)15(25(23)17(21)27)28-14(12)24(22)16(20)26/h1-5,11H,6-7,22-23H2,(H2,20,26)(H2,21,27). The zero-order valence-electron chi connectivity index (χ0n) is 14.7. The van der Waals surface area contributed by atoms with Crippen LogP contribution < -0.4 is 23.2 Å². The minimum atomic E-state index is -1.01. The first-order chi connectivity index (χ1) is 13.3. The van der Waals surface area contributed by atoms with E-state index >= 15 is 0 Å². The highest BCUT2D eigenvalue weighted by molar-refractivity contribution is 8.06. The fourth-order valence-corrected chi connectivity index (χ4v) is 3.85. The topological polar surface area (TPSA) is 192 Å². The lowest BCUT2D eigenvalue weighted by Crippen LogP contribution is -2.45. The summed E-state index contributed by atoms with van der Waals surface area (Å²) in [7, 11) is 0. The van der Waals surface area contributed by atoms with Crippen molar-refractivity contribution in [2.45, 2.75) is 12.8 Å². The molecule has 0 bridgehead atoms. The van der Waals surface area contributed by atoms with E-state index in [0.29, 0.717) is 34.6 Å². The van der Waals surface area contributed by atoms with E-state index < -0.39 is 18.0 Å². The molecule has 10 nitrogen and oxygen atoms in total. The van der Waals surface area contributed by atoms with Crippen LogP contribution in [0.4, 0.5) is 9.59 Å². The Morgan fingerprint density at radius 3 is 1.82 bits per heavy atom. The SMILES string of the molecule is N#CC1=C(N(N)C(N)=O)SC(N(N)C(N)=O)=C(C#N)C1CCc1ccccc1. The van der Waals surface area contributed by atoms with Gasteiger partial charge in [-0.2, -0.15) is 10.5 Å². The second kappa shape index (κ2) is 8.92. The summed E-state index contributed by atoms with van der Waals surface area (Å²) in [5, 5.41) is 20.5. The molecule has 144 valence electrons. The molecule has 0 aromatic heterocycles. The Labute approximate surface area is 165 Å². The predicted octanol–water partition coefficient (Wildman–Crippen LogP) is 0.961. The Kier molecular flexibility index (Phi) is 6.63. The number of nitrogens with two attached hydrogens (primary N) is 4.